The predicted molar refractivity (Wildman–Crippen MR) is 61.9 cm³/mol. The molecule has 1 saturated heterocycles. The molecule has 15 heavy (non-hydrogen) atoms. The van der Waals surface area contributed by atoms with Gasteiger partial charge in [0.25, 0.3) is 0 Å². The first-order chi connectivity index (χ1) is 7.28. The maximum atomic E-state index is 9.22. The molecule has 0 aromatic carbocycles. The zero-order chi connectivity index (χ0) is 10.7. The van der Waals surface area contributed by atoms with Crippen molar-refractivity contribution in [3.63, 3.8) is 0 Å². The lowest BCUT2D eigenvalue weighted by molar-refractivity contribution is 0.178. The molecule has 2 fully saturated rings. The van der Waals surface area contributed by atoms with E-state index in [2.05, 4.69) is 17.1 Å². The molecule has 88 valence electrons. The highest BCUT2D eigenvalue weighted by molar-refractivity contribution is 4.95. The van der Waals surface area contributed by atoms with Gasteiger partial charge in [-0.25, -0.2) is 0 Å². The predicted octanol–water partition coefficient (Wildman–Crippen LogP) is 0.833. The fourth-order valence-corrected chi connectivity index (χ4v) is 2.38. The highest BCUT2D eigenvalue weighted by Gasteiger charge is 2.41. The number of piperidine rings is 1. The smallest absolute Gasteiger partial charge is 0.0499 e. The van der Waals surface area contributed by atoms with Crippen LogP contribution in [-0.2, 0) is 0 Å². The average molecular weight is 212 g/mol. The minimum Gasteiger partial charge on any atom is -0.396 e. The second-order valence-electron chi connectivity index (χ2n) is 5.25. The fourth-order valence-electron chi connectivity index (χ4n) is 2.38. The summed E-state index contributed by atoms with van der Waals surface area (Å²) in [6.07, 6.45) is 4.97. The molecule has 0 atom stereocenters. The summed E-state index contributed by atoms with van der Waals surface area (Å²) in [6.45, 7) is 7.29. The molecule has 2 rings (SSSR count). The van der Waals surface area contributed by atoms with Gasteiger partial charge in [-0.3, -0.25) is 0 Å². The number of likely N-dealkylation sites (tertiary alicyclic amines) is 1. The third kappa shape index (κ3) is 2.92. The SMILES string of the molecule is CCN1CCC(NCC2(CO)CC2)CC1. The highest BCUT2D eigenvalue weighted by Crippen LogP contribution is 2.44. The summed E-state index contributed by atoms with van der Waals surface area (Å²) in [5.41, 5.74) is 0.266. The van der Waals surface area contributed by atoms with E-state index in [1.165, 1.54) is 45.3 Å². The van der Waals surface area contributed by atoms with Crippen LogP contribution in [0, 0.1) is 5.41 Å². The number of nitrogens with one attached hydrogen (secondary N) is 1. The monoisotopic (exact) mass is 212 g/mol. The highest BCUT2D eigenvalue weighted by atomic mass is 16.3. The molecule has 1 saturated carbocycles. The van der Waals surface area contributed by atoms with Crippen molar-refractivity contribution >= 4 is 0 Å². The summed E-state index contributed by atoms with van der Waals surface area (Å²) in [5.74, 6) is 0. The molecule has 0 radical (unpaired) electrons. The summed E-state index contributed by atoms with van der Waals surface area (Å²) in [7, 11) is 0. The maximum absolute atomic E-state index is 9.22. The van der Waals surface area contributed by atoms with Crippen LogP contribution in [0.1, 0.15) is 32.6 Å². The number of aliphatic hydroxyl groups excluding tert-OH is 1. The van der Waals surface area contributed by atoms with Crippen LogP contribution in [-0.4, -0.2) is 48.8 Å². The molecule has 0 unspecified atom stereocenters. The summed E-state index contributed by atoms with van der Waals surface area (Å²) < 4.78 is 0. The first-order valence-electron chi connectivity index (χ1n) is 6.34. The molecule has 2 N–H and O–H groups in total. The Morgan fingerprint density at radius 2 is 2.00 bits per heavy atom. The van der Waals surface area contributed by atoms with Crippen molar-refractivity contribution < 1.29 is 5.11 Å². The van der Waals surface area contributed by atoms with Crippen molar-refractivity contribution in [2.45, 2.75) is 38.6 Å². The Balaban J connectivity index is 1.64. The Hall–Kier alpha value is -0.120. The van der Waals surface area contributed by atoms with Gasteiger partial charge in [0, 0.05) is 24.6 Å². The average Bonchev–Trinajstić information content (AvgIpc) is 3.08. The molecule has 0 bridgehead atoms. The Bertz CT molecular complexity index is 196. The van der Waals surface area contributed by atoms with Crippen LogP contribution in [0.2, 0.25) is 0 Å². The lowest BCUT2D eigenvalue weighted by Crippen LogP contribution is -2.44. The molecular formula is C12H24N2O. The van der Waals surface area contributed by atoms with Gasteiger partial charge in [-0.15, -0.1) is 0 Å². The zero-order valence-electron chi connectivity index (χ0n) is 9.84. The summed E-state index contributed by atoms with van der Waals surface area (Å²) in [6, 6.07) is 0.692. The molecule has 3 nitrogen and oxygen atoms in total. The van der Waals surface area contributed by atoms with Gasteiger partial charge in [-0.05, 0) is 45.3 Å². The Morgan fingerprint density at radius 1 is 1.33 bits per heavy atom. The van der Waals surface area contributed by atoms with E-state index in [0.717, 1.165) is 6.54 Å². The standard InChI is InChI=1S/C12H24N2O/c1-2-14-7-3-11(4-8-14)13-9-12(10-15)5-6-12/h11,13,15H,2-10H2,1H3. The van der Waals surface area contributed by atoms with Gasteiger partial charge < -0.3 is 15.3 Å². The van der Waals surface area contributed by atoms with Crippen molar-refractivity contribution in [2.75, 3.05) is 32.8 Å². The Morgan fingerprint density at radius 3 is 2.47 bits per heavy atom. The first-order valence-corrected chi connectivity index (χ1v) is 6.34. The summed E-state index contributed by atoms with van der Waals surface area (Å²) in [5, 5.41) is 12.9. The molecule has 0 aromatic rings. The lowest BCUT2D eigenvalue weighted by Gasteiger charge is -2.32. The third-order valence-corrected chi connectivity index (χ3v) is 4.09. The molecule has 0 spiro atoms. The van der Waals surface area contributed by atoms with Crippen molar-refractivity contribution in [1.82, 2.24) is 10.2 Å². The van der Waals surface area contributed by atoms with E-state index in [-0.39, 0.29) is 5.41 Å². The van der Waals surface area contributed by atoms with E-state index in [1.54, 1.807) is 0 Å². The van der Waals surface area contributed by atoms with Gasteiger partial charge in [0.1, 0.15) is 0 Å². The zero-order valence-corrected chi connectivity index (χ0v) is 9.84. The molecular weight excluding hydrogens is 188 g/mol. The largest absolute Gasteiger partial charge is 0.396 e. The Labute approximate surface area is 92.8 Å². The summed E-state index contributed by atoms with van der Waals surface area (Å²) >= 11 is 0. The van der Waals surface area contributed by atoms with E-state index < -0.39 is 0 Å². The van der Waals surface area contributed by atoms with E-state index in [9.17, 15) is 5.11 Å². The molecule has 2 aliphatic rings. The molecule has 0 aromatic heterocycles. The van der Waals surface area contributed by atoms with Crippen LogP contribution in [0.3, 0.4) is 0 Å². The third-order valence-electron chi connectivity index (χ3n) is 4.09. The van der Waals surface area contributed by atoms with Gasteiger partial charge in [0.15, 0.2) is 0 Å². The summed E-state index contributed by atoms with van der Waals surface area (Å²) in [4.78, 5) is 2.51. The number of aliphatic hydroxyl groups is 1. The molecule has 3 heteroatoms. The normalized spacial score (nSPS) is 26.8. The topological polar surface area (TPSA) is 35.5 Å². The van der Waals surface area contributed by atoms with Crippen LogP contribution in [0.15, 0.2) is 0 Å². The second-order valence-corrected chi connectivity index (χ2v) is 5.25. The minimum atomic E-state index is 0.266. The van der Waals surface area contributed by atoms with Gasteiger partial charge in [-0.2, -0.15) is 0 Å². The van der Waals surface area contributed by atoms with Crippen molar-refractivity contribution in [2.24, 2.45) is 5.41 Å². The van der Waals surface area contributed by atoms with Crippen molar-refractivity contribution in [3.8, 4) is 0 Å². The van der Waals surface area contributed by atoms with Gasteiger partial charge in [0.05, 0.1) is 0 Å². The van der Waals surface area contributed by atoms with Crippen LogP contribution >= 0.6 is 0 Å². The number of hydrogen-bond donors (Lipinski definition) is 2. The van der Waals surface area contributed by atoms with E-state index >= 15 is 0 Å². The van der Waals surface area contributed by atoms with E-state index in [1.807, 2.05) is 0 Å². The van der Waals surface area contributed by atoms with Crippen LogP contribution in [0.5, 0.6) is 0 Å². The fraction of sp³-hybridized carbons (Fsp3) is 1.00. The van der Waals surface area contributed by atoms with Crippen molar-refractivity contribution in [3.05, 3.63) is 0 Å². The molecule has 0 amide bonds. The van der Waals surface area contributed by atoms with Gasteiger partial charge in [-0.1, -0.05) is 6.92 Å². The maximum Gasteiger partial charge on any atom is 0.0499 e. The number of hydrogen-bond acceptors (Lipinski definition) is 3. The van der Waals surface area contributed by atoms with Crippen molar-refractivity contribution in [1.29, 1.82) is 0 Å². The van der Waals surface area contributed by atoms with E-state index in [0.29, 0.717) is 12.6 Å². The number of rotatable bonds is 5. The molecule has 1 aliphatic heterocycles. The first kappa shape index (κ1) is 11.4. The van der Waals surface area contributed by atoms with Crippen LogP contribution < -0.4 is 5.32 Å². The van der Waals surface area contributed by atoms with E-state index in [4.69, 9.17) is 0 Å². The Kier molecular flexibility index (Phi) is 3.65. The van der Waals surface area contributed by atoms with Crippen LogP contribution in [0.4, 0.5) is 0 Å². The minimum absolute atomic E-state index is 0.266. The quantitative estimate of drug-likeness (QED) is 0.708. The molecule has 1 heterocycles. The second kappa shape index (κ2) is 4.81. The van der Waals surface area contributed by atoms with Gasteiger partial charge >= 0.3 is 0 Å². The lowest BCUT2D eigenvalue weighted by atomic mass is 10.0. The van der Waals surface area contributed by atoms with Crippen LogP contribution in [0.25, 0.3) is 0 Å². The molecule has 1 aliphatic carbocycles. The number of nitrogens with zero attached hydrogens (tertiary/aromatic N) is 1. The van der Waals surface area contributed by atoms with Gasteiger partial charge in [0.2, 0.25) is 0 Å².